The van der Waals surface area contributed by atoms with E-state index in [1.54, 1.807) is 32.2 Å². The molecule has 0 atom stereocenters. The van der Waals surface area contributed by atoms with Crippen molar-refractivity contribution < 1.29 is 23.8 Å². The molecule has 0 saturated heterocycles. The van der Waals surface area contributed by atoms with Crippen molar-refractivity contribution in [2.45, 2.75) is 13.3 Å². The zero-order chi connectivity index (χ0) is 15.0. The van der Waals surface area contributed by atoms with Gasteiger partial charge in [0.05, 0.1) is 27.2 Å². The van der Waals surface area contributed by atoms with Gasteiger partial charge in [0.25, 0.3) is 0 Å². The molecule has 0 bridgehead atoms. The molecule has 0 radical (unpaired) electrons. The zero-order valence-electron chi connectivity index (χ0n) is 11.9. The Morgan fingerprint density at radius 2 is 1.95 bits per heavy atom. The average molecular weight is 281 g/mol. The van der Waals surface area contributed by atoms with Gasteiger partial charge in [0.15, 0.2) is 0 Å². The highest BCUT2D eigenvalue weighted by molar-refractivity contribution is 5.83. The van der Waals surface area contributed by atoms with Gasteiger partial charge in [-0.1, -0.05) is 6.07 Å². The molecule has 1 N–H and O–H groups in total. The third-order valence-electron chi connectivity index (χ3n) is 2.58. The standard InChI is InChI=1S/C14H19NO5/c1-4-20-14(17)9-15-13(16)7-10-5-6-11(18-2)8-12(10)19-3/h5-6,8H,4,7,9H2,1-3H3,(H,15,16). The fraction of sp³-hybridized carbons (Fsp3) is 0.429. The van der Waals surface area contributed by atoms with Crippen molar-refractivity contribution in [3.8, 4) is 11.5 Å². The number of nitrogens with one attached hydrogen (secondary N) is 1. The monoisotopic (exact) mass is 281 g/mol. The molecule has 0 aliphatic heterocycles. The molecule has 0 saturated carbocycles. The molecule has 0 heterocycles. The van der Waals surface area contributed by atoms with Crippen molar-refractivity contribution in [2.24, 2.45) is 0 Å². The van der Waals surface area contributed by atoms with Crippen LogP contribution >= 0.6 is 0 Å². The predicted molar refractivity (Wildman–Crippen MR) is 72.9 cm³/mol. The van der Waals surface area contributed by atoms with E-state index in [4.69, 9.17) is 14.2 Å². The highest BCUT2D eigenvalue weighted by Crippen LogP contribution is 2.24. The van der Waals surface area contributed by atoms with Crippen LogP contribution in [0.3, 0.4) is 0 Å². The van der Waals surface area contributed by atoms with E-state index in [1.807, 2.05) is 0 Å². The minimum Gasteiger partial charge on any atom is -0.497 e. The summed E-state index contributed by atoms with van der Waals surface area (Å²) in [6.07, 6.45) is 0.118. The minimum atomic E-state index is -0.456. The van der Waals surface area contributed by atoms with Gasteiger partial charge in [-0.15, -0.1) is 0 Å². The van der Waals surface area contributed by atoms with Gasteiger partial charge in [-0.2, -0.15) is 0 Å². The lowest BCUT2D eigenvalue weighted by Gasteiger charge is -2.10. The van der Waals surface area contributed by atoms with E-state index in [1.165, 1.54) is 7.11 Å². The molecular weight excluding hydrogens is 262 g/mol. The summed E-state index contributed by atoms with van der Waals surface area (Å²) < 4.78 is 15.0. The Kier molecular flexibility index (Phi) is 6.36. The maximum atomic E-state index is 11.7. The molecule has 1 amide bonds. The number of hydrogen-bond donors (Lipinski definition) is 1. The van der Waals surface area contributed by atoms with Crippen molar-refractivity contribution in [3.63, 3.8) is 0 Å². The number of carbonyl (C=O) groups is 2. The molecule has 1 aromatic carbocycles. The van der Waals surface area contributed by atoms with Crippen LogP contribution in [0.15, 0.2) is 18.2 Å². The third kappa shape index (κ3) is 4.79. The Labute approximate surface area is 118 Å². The first kappa shape index (κ1) is 15.8. The second kappa shape index (κ2) is 8.04. The number of methoxy groups -OCH3 is 2. The number of esters is 1. The number of benzene rings is 1. The second-order valence-electron chi connectivity index (χ2n) is 3.94. The zero-order valence-corrected chi connectivity index (χ0v) is 11.9. The van der Waals surface area contributed by atoms with E-state index in [-0.39, 0.29) is 18.9 Å². The van der Waals surface area contributed by atoms with E-state index in [0.29, 0.717) is 18.1 Å². The highest BCUT2D eigenvalue weighted by Gasteiger charge is 2.11. The van der Waals surface area contributed by atoms with Gasteiger partial charge < -0.3 is 19.5 Å². The minimum absolute atomic E-state index is 0.118. The predicted octanol–water partition coefficient (Wildman–Crippen LogP) is 0.926. The Morgan fingerprint density at radius 1 is 1.20 bits per heavy atom. The SMILES string of the molecule is CCOC(=O)CNC(=O)Cc1ccc(OC)cc1OC. The van der Waals surface area contributed by atoms with Crippen molar-refractivity contribution >= 4 is 11.9 Å². The largest absolute Gasteiger partial charge is 0.497 e. The molecule has 0 aliphatic carbocycles. The Morgan fingerprint density at radius 3 is 2.55 bits per heavy atom. The van der Waals surface area contributed by atoms with Crippen molar-refractivity contribution in [1.29, 1.82) is 0 Å². The molecule has 0 unspecified atom stereocenters. The first-order chi connectivity index (χ1) is 9.60. The summed E-state index contributed by atoms with van der Waals surface area (Å²) in [6.45, 7) is 1.87. The van der Waals surface area contributed by atoms with Crippen LogP contribution in [0.25, 0.3) is 0 Å². The van der Waals surface area contributed by atoms with Crippen LogP contribution in [0.5, 0.6) is 11.5 Å². The normalized spacial score (nSPS) is 9.75. The van der Waals surface area contributed by atoms with Crippen LogP contribution < -0.4 is 14.8 Å². The summed E-state index contributed by atoms with van der Waals surface area (Å²) in [4.78, 5) is 22.9. The second-order valence-corrected chi connectivity index (χ2v) is 3.94. The first-order valence-corrected chi connectivity index (χ1v) is 6.24. The summed E-state index contributed by atoms with van der Waals surface area (Å²) in [5, 5.41) is 2.50. The van der Waals surface area contributed by atoms with Crippen LogP contribution in [-0.2, 0) is 20.7 Å². The summed E-state index contributed by atoms with van der Waals surface area (Å²) >= 11 is 0. The lowest BCUT2D eigenvalue weighted by Crippen LogP contribution is -2.31. The van der Waals surface area contributed by atoms with E-state index in [0.717, 1.165) is 5.56 Å². The molecule has 6 heteroatoms. The molecule has 1 rings (SSSR count). The summed E-state index contributed by atoms with van der Waals surface area (Å²) in [5.41, 5.74) is 0.717. The fourth-order valence-corrected chi connectivity index (χ4v) is 1.62. The molecular formula is C14H19NO5. The maximum absolute atomic E-state index is 11.7. The quantitative estimate of drug-likeness (QED) is 0.752. The lowest BCUT2D eigenvalue weighted by atomic mass is 10.1. The van der Waals surface area contributed by atoms with E-state index in [9.17, 15) is 9.59 Å². The first-order valence-electron chi connectivity index (χ1n) is 6.24. The summed E-state index contributed by atoms with van der Waals surface area (Å²) in [7, 11) is 3.08. The highest BCUT2D eigenvalue weighted by atomic mass is 16.5. The fourth-order valence-electron chi connectivity index (χ4n) is 1.62. The van der Waals surface area contributed by atoms with Crippen LogP contribution in [0.1, 0.15) is 12.5 Å². The van der Waals surface area contributed by atoms with Crippen LogP contribution in [0, 0.1) is 0 Å². The molecule has 110 valence electrons. The molecule has 0 spiro atoms. The molecule has 0 aromatic heterocycles. The molecule has 1 aromatic rings. The Hall–Kier alpha value is -2.24. The molecule has 0 fully saturated rings. The van der Waals surface area contributed by atoms with Crippen molar-refractivity contribution in [3.05, 3.63) is 23.8 Å². The smallest absolute Gasteiger partial charge is 0.325 e. The van der Waals surface area contributed by atoms with Gasteiger partial charge in [-0.3, -0.25) is 9.59 Å². The average Bonchev–Trinajstić information content (AvgIpc) is 2.46. The van der Waals surface area contributed by atoms with Gasteiger partial charge >= 0.3 is 5.97 Å². The van der Waals surface area contributed by atoms with Crippen molar-refractivity contribution in [1.82, 2.24) is 5.32 Å². The number of rotatable bonds is 7. The number of amides is 1. The van der Waals surface area contributed by atoms with Crippen molar-refractivity contribution in [2.75, 3.05) is 27.4 Å². The van der Waals surface area contributed by atoms with Gasteiger partial charge in [0, 0.05) is 11.6 Å². The van der Waals surface area contributed by atoms with E-state index < -0.39 is 5.97 Å². The number of carbonyl (C=O) groups excluding carboxylic acids is 2. The summed E-state index contributed by atoms with van der Waals surface area (Å²) in [5.74, 6) is 0.484. The topological polar surface area (TPSA) is 73.9 Å². The van der Waals surface area contributed by atoms with Gasteiger partial charge in [-0.05, 0) is 13.0 Å². The number of ether oxygens (including phenoxy) is 3. The van der Waals surface area contributed by atoms with E-state index in [2.05, 4.69) is 5.32 Å². The Balaban J connectivity index is 2.59. The maximum Gasteiger partial charge on any atom is 0.325 e. The lowest BCUT2D eigenvalue weighted by molar-refractivity contribution is -0.143. The van der Waals surface area contributed by atoms with Gasteiger partial charge in [0.2, 0.25) is 5.91 Å². The summed E-state index contributed by atoms with van der Waals surface area (Å²) in [6, 6.07) is 5.20. The van der Waals surface area contributed by atoms with Crippen LogP contribution in [0.2, 0.25) is 0 Å². The third-order valence-corrected chi connectivity index (χ3v) is 2.58. The van der Waals surface area contributed by atoms with Gasteiger partial charge in [-0.25, -0.2) is 0 Å². The molecule has 20 heavy (non-hydrogen) atoms. The number of hydrogen-bond acceptors (Lipinski definition) is 5. The molecule has 0 aliphatic rings. The van der Waals surface area contributed by atoms with Crippen LogP contribution in [-0.4, -0.2) is 39.2 Å². The van der Waals surface area contributed by atoms with Crippen LogP contribution in [0.4, 0.5) is 0 Å². The molecule has 6 nitrogen and oxygen atoms in total. The van der Waals surface area contributed by atoms with E-state index >= 15 is 0 Å². The Bertz CT molecular complexity index is 473. The van der Waals surface area contributed by atoms with Gasteiger partial charge in [0.1, 0.15) is 18.0 Å².